The van der Waals surface area contributed by atoms with Gasteiger partial charge in [0.15, 0.2) is 0 Å². The number of aryl methyl sites for hydroxylation is 1. The largest absolute Gasteiger partial charge is 0.391 e. The zero-order valence-corrected chi connectivity index (χ0v) is 23.4. The van der Waals surface area contributed by atoms with Gasteiger partial charge >= 0.3 is 0 Å². The lowest BCUT2D eigenvalue weighted by molar-refractivity contribution is -0.143. The molecule has 10 heteroatoms. The third-order valence-electron chi connectivity index (χ3n) is 7.58. The fourth-order valence-electron chi connectivity index (χ4n) is 5.55. The van der Waals surface area contributed by atoms with E-state index >= 15 is 0 Å². The fraction of sp³-hybridized carbons (Fsp3) is 0.367. The number of carbonyl (C=O) groups excluding carboxylic acids is 3. The highest BCUT2D eigenvalue weighted by Gasteiger charge is 2.45. The summed E-state index contributed by atoms with van der Waals surface area (Å²) in [5, 5.41) is 22.6. The number of hydrogen-bond donors (Lipinski definition) is 2. The van der Waals surface area contributed by atoms with Crippen LogP contribution in [-0.2, 0) is 22.7 Å². The topological polar surface area (TPSA) is 127 Å². The van der Waals surface area contributed by atoms with Crippen molar-refractivity contribution in [2.24, 2.45) is 5.92 Å². The molecule has 206 valence electrons. The summed E-state index contributed by atoms with van der Waals surface area (Å²) >= 11 is 1.58. The van der Waals surface area contributed by atoms with E-state index in [0.29, 0.717) is 16.7 Å². The third kappa shape index (κ3) is 5.22. The molecule has 2 aliphatic heterocycles. The Morgan fingerprint density at radius 3 is 2.62 bits per heavy atom. The highest BCUT2D eigenvalue weighted by Crippen LogP contribution is 2.31. The van der Waals surface area contributed by atoms with E-state index in [-0.39, 0.29) is 49.7 Å². The highest BCUT2D eigenvalue weighted by molar-refractivity contribution is 7.13. The maximum absolute atomic E-state index is 13.9. The van der Waals surface area contributed by atoms with Crippen molar-refractivity contribution in [3.05, 3.63) is 75.9 Å². The first-order valence-electron chi connectivity index (χ1n) is 13.3. The summed E-state index contributed by atoms with van der Waals surface area (Å²) in [5.74, 6) is -1.21. The average Bonchev–Trinajstić information content (AvgIpc) is 3.64. The molecule has 2 aromatic carbocycles. The normalized spacial score (nSPS) is 19.1. The number of likely N-dealkylation sites (tertiary alicyclic amines) is 1. The molecule has 1 fully saturated rings. The van der Waals surface area contributed by atoms with Crippen molar-refractivity contribution in [1.82, 2.24) is 20.1 Å². The molecule has 3 aromatic rings. The summed E-state index contributed by atoms with van der Waals surface area (Å²) in [6, 6.07) is 13.2. The van der Waals surface area contributed by atoms with Crippen LogP contribution in [0.1, 0.15) is 53.0 Å². The zero-order valence-electron chi connectivity index (χ0n) is 22.6. The Hall–Kier alpha value is -4.07. The molecule has 9 nitrogen and oxygen atoms in total. The number of carbonyl (C=O) groups is 3. The fourth-order valence-corrected chi connectivity index (χ4v) is 6.36. The minimum atomic E-state index is -0.840. The molecule has 0 saturated carbocycles. The molecule has 5 rings (SSSR count). The monoisotopic (exact) mass is 557 g/mol. The van der Waals surface area contributed by atoms with Gasteiger partial charge in [-0.05, 0) is 47.7 Å². The van der Waals surface area contributed by atoms with Gasteiger partial charge in [-0.2, -0.15) is 5.26 Å². The standard InChI is InChI=1S/C30H31N5O4S/c1-17(2)26(35-14-22-10-20(12-31)6-9-24(22)29(35)38)30(39)34-15-23(36)11-25(34)28(37)32-13-19-4-7-21(8-5-19)27-18(3)33-16-40-27/h4-10,16-17,23,25-26,36H,11,13-15H2,1-3H3,(H,32,37)/t23-,25+,26?/m1/s1. The summed E-state index contributed by atoms with van der Waals surface area (Å²) in [6.45, 7) is 6.20. The van der Waals surface area contributed by atoms with Gasteiger partial charge in [-0.1, -0.05) is 38.1 Å². The van der Waals surface area contributed by atoms with Gasteiger partial charge in [0.05, 0.1) is 33.8 Å². The van der Waals surface area contributed by atoms with E-state index in [9.17, 15) is 24.8 Å². The lowest BCUT2D eigenvalue weighted by Gasteiger charge is -2.35. The van der Waals surface area contributed by atoms with Crippen molar-refractivity contribution in [1.29, 1.82) is 5.26 Å². The van der Waals surface area contributed by atoms with Crippen LogP contribution < -0.4 is 5.32 Å². The second kappa shape index (κ2) is 11.2. The number of thiazole rings is 1. The quantitative estimate of drug-likeness (QED) is 0.459. The van der Waals surface area contributed by atoms with Gasteiger partial charge in [-0.25, -0.2) is 4.98 Å². The predicted octanol–water partition coefficient (Wildman–Crippen LogP) is 3.25. The number of aliphatic hydroxyl groups excluding tert-OH is 1. The van der Waals surface area contributed by atoms with Gasteiger partial charge in [0.2, 0.25) is 11.8 Å². The van der Waals surface area contributed by atoms with E-state index in [0.717, 1.165) is 21.7 Å². The van der Waals surface area contributed by atoms with Gasteiger partial charge in [0, 0.05) is 31.6 Å². The maximum atomic E-state index is 13.9. The first kappa shape index (κ1) is 27.5. The highest BCUT2D eigenvalue weighted by atomic mass is 32.1. The van der Waals surface area contributed by atoms with Crippen LogP contribution in [0.2, 0.25) is 0 Å². The molecular weight excluding hydrogens is 526 g/mol. The Bertz CT molecular complexity index is 1490. The van der Waals surface area contributed by atoms with Crippen LogP contribution in [-0.4, -0.2) is 62.3 Å². The van der Waals surface area contributed by atoms with E-state index in [1.165, 1.54) is 9.80 Å². The van der Waals surface area contributed by atoms with E-state index in [4.69, 9.17) is 0 Å². The summed E-state index contributed by atoms with van der Waals surface area (Å²) in [4.78, 5) is 48.8. The SMILES string of the molecule is Cc1ncsc1-c1ccc(CNC(=O)[C@@H]2C[C@@H](O)CN2C(=O)C(C(C)C)N2Cc3cc(C#N)ccc3C2=O)cc1. The van der Waals surface area contributed by atoms with Gasteiger partial charge in [0.1, 0.15) is 12.1 Å². The summed E-state index contributed by atoms with van der Waals surface area (Å²) < 4.78 is 0. The zero-order chi connectivity index (χ0) is 28.6. The number of β-amino-alcohol motifs (C(OH)–C–C–N with tert-alkyl or cyclic N) is 1. The lowest BCUT2D eigenvalue weighted by Crippen LogP contribution is -2.55. The van der Waals surface area contributed by atoms with Gasteiger partial charge in [-0.15, -0.1) is 11.3 Å². The lowest BCUT2D eigenvalue weighted by atomic mass is 10.0. The van der Waals surface area contributed by atoms with Crippen molar-refractivity contribution >= 4 is 29.1 Å². The van der Waals surface area contributed by atoms with Gasteiger partial charge in [-0.3, -0.25) is 14.4 Å². The summed E-state index contributed by atoms with van der Waals surface area (Å²) in [6.07, 6.45) is -0.704. The van der Waals surface area contributed by atoms with Crippen molar-refractivity contribution in [3.63, 3.8) is 0 Å². The minimum Gasteiger partial charge on any atom is -0.391 e. The Labute approximate surface area is 237 Å². The second-order valence-electron chi connectivity index (χ2n) is 10.7. The molecule has 2 aliphatic rings. The number of aliphatic hydroxyl groups is 1. The van der Waals surface area contributed by atoms with E-state index in [1.54, 1.807) is 29.5 Å². The second-order valence-corrected chi connectivity index (χ2v) is 11.5. The smallest absolute Gasteiger partial charge is 0.255 e. The number of aromatic nitrogens is 1. The first-order chi connectivity index (χ1) is 19.2. The summed E-state index contributed by atoms with van der Waals surface area (Å²) in [7, 11) is 0. The maximum Gasteiger partial charge on any atom is 0.255 e. The Balaban J connectivity index is 1.28. The molecule has 3 amide bonds. The first-order valence-corrected chi connectivity index (χ1v) is 14.2. The van der Waals surface area contributed by atoms with E-state index in [1.807, 2.05) is 50.5 Å². The number of fused-ring (bicyclic) bond motifs is 1. The Kier molecular flexibility index (Phi) is 7.70. The molecule has 1 aromatic heterocycles. The number of nitriles is 1. The average molecular weight is 558 g/mol. The summed E-state index contributed by atoms with van der Waals surface area (Å²) in [5.41, 5.74) is 6.39. The molecule has 0 aliphatic carbocycles. The van der Waals surface area contributed by atoms with Crippen LogP contribution in [0, 0.1) is 24.2 Å². The molecule has 0 bridgehead atoms. The molecule has 0 radical (unpaired) electrons. The molecular formula is C30H31N5O4S. The van der Waals surface area contributed by atoms with Gasteiger partial charge in [0.25, 0.3) is 5.91 Å². The van der Waals surface area contributed by atoms with Crippen LogP contribution in [0.3, 0.4) is 0 Å². The van der Waals surface area contributed by atoms with Crippen LogP contribution in [0.25, 0.3) is 10.4 Å². The molecule has 0 spiro atoms. The number of amides is 3. The van der Waals surface area contributed by atoms with Crippen LogP contribution in [0.4, 0.5) is 0 Å². The van der Waals surface area contributed by atoms with Crippen molar-refractivity contribution < 1.29 is 19.5 Å². The van der Waals surface area contributed by atoms with E-state index < -0.39 is 18.2 Å². The van der Waals surface area contributed by atoms with Crippen molar-refractivity contribution in [3.8, 4) is 16.5 Å². The van der Waals surface area contributed by atoms with Crippen LogP contribution >= 0.6 is 11.3 Å². The molecule has 1 unspecified atom stereocenters. The van der Waals surface area contributed by atoms with Crippen molar-refractivity contribution in [2.75, 3.05) is 6.54 Å². The van der Waals surface area contributed by atoms with E-state index in [2.05, 4.69) is 16.4 Å². The van der Waals surface area contributed by atoms with Crippen molar-refractivity contribution in [2.45, 2.75) is 58.5 Å². The van der Waals surface area contributed by atoms with Crippen LogP contribution in [0.15, 0.2) is 48.0 Å². The number of rotatable bonds is 7. The number of benzene rings is 2. The Morgan fingerprint density at radius 2 is 1.98 bits per heavy atom. The predicted molar refractivity (Wildman–Crippen MR) is 150 cm³/mol. The van der Waals surface area contributed by atoms with Crippen LogP contribution in [0.5, 0.6) is 0 Å². The Morgan fingerprint density at radius 1 is 1.23 bits per heavy atom. The third-order valence-corrected chi connectivity index (χ3v) is 8.56. The number of nitrogens with zero attached hydrogens (tertiary/aromatic N) is 4. The minimum absolute atomic E-state index is 0.0244. The molecule has 3 heterocycles. The molecule has 2 N–H and O–H groups in total. The molecule has 3 atom stereocenters. The molecule has 1 saturated heterocycles. The molecule has 40 heavy (non-hydrogen) atoms. The van der Waals surface area contributed by atoms with Gasteiger partial charge < -0.3 is 20.2 Å². The number of hydrogen-bond acceptors (Lipinski definition) is 7. The number of nitrogens with one attached hydrogen (secondary N) is 1.